The van der Waals surface area contributed by atoms with E-state index in [2.05, 4.69) is 5.32 Å². The highest BCUT2D eigenvalue weighted by Gasteiger charge is 2.27. The van der Waals surface area contributed by atoms with E-state index in [1.807, 2.05) is 20.8 Å². The minimum absolute atomic E-state index is 0.132. The lowest BCUT2D eigenvalue weighted by atomic mass is 10.0. The van der Waals surface area contributed by atoms with Crippen LogP contribution in [0.15, 0.2) is 0 Å². The smallest absolute Gasteiger partial charge is 0.326 e. The molecule has 1 amide bonds. The van der Waals surface area contributed by atoms with Crippen molar-refractivity contribution in [2.45, 2.75) is 64.6 Å². The maximum absolute atomic E-state index is 11.7. The summed E-state index contributed by atoms with van der Waals surface area (Å²) in [5, 5.41) is 21.1. The third-order valence-corrected chi connectivity index (χ3v) is 2.89. The number of aliphatic hydroxyl groups excluding tert-OH is 1. The lowest BCUT2D eigenvalue weighted by Gasteiger charge is -2.22. The van der Waals surface area contributed by atoms with Crippen LogP contribution in [0, 0.1) is 5.92 Å². The number of carbonyl (C=O) groups is 2. The summed E-state index contributed by atoms with van der Waals surface area (Å²) < 4.78 is 0. The number of carboxylic acids is 1. The highest BCUT2D eigenvalue weighted by atomic mass is 16.4. The molecule has 0 aromatic heterocycles. The fourth-order valence-corrected chi connectivity index (χ4v) is 1.74. The van der Waals surface area contributed by atoms with Crippen LogP contribution in [-0.2, 0) is 9.59 Å². The fraction of sp³-hybridized carbons (Fsp3) is 0.846. The van der Waals surface area contributed by atoms with Crippen LogP contribution in [0.1, 0.15) is 46.5 Å². The number of aliphatic hydroxyl groups is 1. The van der Waals surface area contributed by atoms with Gasteiger partial charge in [0.2, 0.25) is 0 Å². The zero-order valence-corrected chi connectivity index (χ0v) is 11.9. The molecule has 19 heavy (non-hydrogen) atoms. The highest BCUT2D eigenvalue weighted by Crippen LogP contribution is 2.07. The first kappa shape index (κ1) is 17.9. The number of carbonyl (C=O) groups excluding carboxylic acids is 1. The molecule has 0 rings (SSSR count). The van der Waals surface area contributed by atoms with Crippen LogP contribution in [-0.4, -0.2) is 40.3 Å². The van der Waals surface area contributed by atoms with E-state index < -0.39 is 30.1 Å². The minimum Gasteiger partial charge on any atom is -0.480 e. The van der Waals surface area contributed by atoms with Gasteiger partial charge in [0.05, 0.1) is 0 Å². The van der Waals surface area contributed by atoms with Crippen LogP contribution in [0.4, 0.5) is 0 Å². The van der Waals surface area contributed by atoms with Crippen molar-refractivity contribution in [2.24, 2.45) is 11.7 Å². The molecule has 0 saturated heterocycles. The van der Waals surface area contributed by atoms with Crippen molar-refractivity contribution in [3.63, 3.8) is 0 Å². The summed E-state index contributed by atoms with van der Waals surface area (Å²) in [6.45, 7) is 5.72. The molecule has 0 spiro atoms. The molecule has 6 heteroatoms. The number of nitrogens with two attached hydrogens (primary N) is 1. The Morgan fingerprint density at radius 3 is 2.32 bits per heavy atom. The van der Waals surface area contributed by atoms with Gasteiger partial charge in [-0.15, -0.1) is 0 Å². The van der Waals surface area contributed by atoms with E-state index in [9.17, 15) is 14.7 Å². The van der Waals surface area contributed by atoms with Crippen molar-refractivity contribution < 1.29 is 19.8 Å². The largest absolute Gasteiger partial charge is 0.480 e. The predicted molar refractivity (Wildman–Crippen MR) is 72.5 cm³/mol. The lowest BCUT2D eigenvalue weighted by molar-refractivity contribution is -0.144. The SMILES string of the molecule is CCCC[C@@H](N)[C@H](O)C(=O)N[C@@H](CC(C)C)C(=O)O. The Hall–Kier alpha value is -1.14. The highest BCUT2D eigenvalue weighted by molar-refractivity contribution is 5.86. The van der Waals surface area contributed by atoms with E-state index in [-0.39, 0.29) is 5.92 Å². The van der Waals surface area contributed by atoms with Crippen molar-refractivity contribution in [3.8, 4) is 0 Å². The molecular formula is C13H26N2O4. The monoisotopic (exact) mass is 274 g/mol. The van der Waals surface area contributed by atoms with Crippen LogP contribution in [0.2, 0.25) is 0 Å². The first-order chi connectivity index (χ1) is 8.79. The number of nitrogens with one attached hydrogen (secondary N) is 1. The molecule has 0 aliphatic rings. The number of aliphatic carboxylic acids is 1. The normalized spacial score (nSPS) is 15.9. The third-order valence-electron chi connectivity index (χ3n) is 2.89. The second-order valence-corrected chi connectivity index (χ2v) is 5.28. The molecule has 0 aromatic carbocycles. The summed E-state index contributed by atoms with van der Waals surface area (Å²) in [5.74, 6) is -1.68. The molecule has 0 bridgehead atoms. The molecule has 0 aliphatic heterocycles. The van der Waals surface area contributed by atoms with E-state index in [4.69, 9.17) is 10.8 Å². The number of hydrogen-bond donors (Lipinski definition) is 4. The standard InChI is InChI=1S/C13H26N2O4/c1-4-5-6-9(14)11(16)12(17)15-10(13(18)19)7-8(2)3/h8-11,16H,4-7,14H2,1-3H3,(H,15,17)(H,18,19)/t9-,10+,11+/m1/s1. The minimum atomic E-state index is -1.36. The zero-order chi connectivity index (χ0) is 15.0. The summed E-state index contributed by atoms with van der Waals surface area (Å²) in [6.07, 6.45) is 1.23. The maximum atomic E-state index is 11.7. The second kappa shape index (κ2) is 8.87. The van der Waals surface area contributed by atoms with Gasteiger partial charge < -0.3 is 21.3 Å². The average Bonchev–Trinajstić information content (AvgIpc) is 2.33. The molecule has 3 atom stereocenters. The molecule has 0 heterocycles. The Balaban J connectivity index is 4.42. The average molecular weight is 274 g/mol. The molecular weight excluding hydrogens is 248 g/mol. The summed E-state index contributed by atoms with van der Waals surface area (Å²) in [7, 11) is 0. The Bertz CT molecular complexity index is 294. The van der Waals surface area contributed by atoms with Crippen molar-refractivity contribution >= 4 is 11.9 Å². The third kappa shape index (κ3) is 7.12. The van der Waals surface area contributed by atoms with Crippen molar-refractivity contribution in [3.05, 3.63) is 0 Å². The van der Waals surface area contributed by atoms with Gasteiger partial charge in [-0.05, 0) is 18.8 Å². The van der Waals surface area contributed by atoms with Gasteiger partial charge in [-0.2, -0.15) is 0 Å². The Kier molecular flexibility index (Phi) is 8.34. The first-order valence-corrected chi connectivity index (χ1v) is 6.76. The molecule has 0 aliphatic carbocycles. The first-order valence-electron chi connectivity index (χ1n) is 6.76. The molecule has 5 N–H and O–H groups in total. The molecule has 0 aromatic rings. The lowest BCUT2D eigenvalue weighted by Crippen LogP contribution is -2.51. The quantitative estimate of drug-likeness (QED) is 0.488. The summed E-state index contributed by atoms with van der Waals surface area (Å²) >= 11 is 0. The second-order valence-electron chi connectivity index (χ2n) is 5.28. The predicted octanol–water partition coefficient (Wildman–Crippen LogP) is 0.480. The topological polar surface area (TPSA) is 113 Å². The Labute approximate surface area is 114 Å². The van der Waals surface area contributed by atoms with Gasteiger partial charge in [0.25, 0.3) is 5.91 Å². The van der Waals surface area contributed by atoms with Crippen LogP contribution >= 0.6 is 0 Å². The van der Waals surface area contributed by atoms with E-state index in [0.717, 1.165) is 12.8 Å². The van der Waals surface area contributed by atoms with E-state index in [0.29, 0.717) is 12.8 Å². The van der Waals surface area contributed by atoms with Crippen molar-refractivity contribution in [1.29, 1.82) is 0 Å². The zero-order valence-electron chi connectivity index (χ0n) is 11.9. The fourth-order valence-electron chi connectivity index (χ4n) is 1.74. The molecule has 0 unspecified atom stereocenters. The van der Waals surface area contributed by atoms with Gasteiger partial charge >= 0.3 is 5.97 Å². The summed E-state index contributed by atoms with van der Waals surface area (Å²) in [6, 6.07) is -1.64. The molecule has 0 saturated carbocycles. The van der Waals surface area contributed by atoms with E-state index in [1.165, 1.54) is 0 Å². The number of unbranched alkanes of at least 4 members (excludes halogenated alkanes) is 1. The summed E-state index contributed by atoms with van der Waals surface area (Å²) in [4.78, 5) is 22.7. The van der Waals surface area contributed by atoms with Gasteiger partial charge in [0, 0.05) is 6.04 Å². The molecule has 0 radical (unpaired) electrons. The maximum Gasteiger partial charge on any atom is 0.326 e. The van der Waals surface area contributed by atoms with Crippen molar-refractivity contribution in [2.75, 3.05) is 0 Å². The van der Waals surface area contributed by atoms with Gasteiger partial charge in [-0.1, -0.05) is 33.6 Å². The summed E-state index contributed by atoms with van der Waals surface area (Å²) in [5.41, 5.74) is 5.70. The Morgan fingerprint density at radius 2 is 1.89 bits per heavy atom. The van der Waals surface area contributed by atoms with E-state index >= 15 is 0 Å². The molecule has 112 valence electrons. The van der Waals surface area contributed by atoms with E-state index in [1.54, 1.807) is 0 Å². The van der Waals surface area contributed by atoms with Gasteiger partial charge in [-0.25, -0.2) is 4.79 Å². The van der Waals surface area contributed by atoms with Crippen LogP contribution in [0.3, 0.4) is 0 Å². The van der Waals surface area contributed by atoms with Gasteiger partial charge in [0.15, 0.2) is 0 Å². The van der Waals surface area contributed by atoms with Crippen LogP contribution in [0.25, 0.3) is 0 Å². The number of hydrogen-bond acceptors (Lipinski definition) is 4. The van der Waals surface area contributed by atoms with Gasteiger partial charge in [0.1, 0.15) is 12.1 Å². The molecule has 6 nitrogen and oxygen atoms in total. The number of carboxylic acid groups (broad SMARTS) is 1. The molecule has 0 fully saturated rings. The van der Waals surface area contributed by atoms with Crippen LogP contribution in [0.5, 0.6) is 0 Å². The van der Waals surface area contributed by atoms with Gasteiger partial charge in [-0.3, -0.25) is 4.79 Å². The Morgan fingerprint density at radius 1 is 1.32 bits per heavy atom. The number of rotatable bonds is 9. The number of amides is 1. The van der Waals surface area contributed by atoms with Crippen LogP contribution < -0.4 is 11.1 Å². The van der Waals surface area contributed by atoms with Crippen molar-refractivity contribution in [1.82, 2.24) is 5.32 Å².